The van der Waals surface area contributed by atoms with Crippen molar-refractivity contribution in [2.24, 2.45) is 0 Å². The van der Waals surface area contributed by atoms with Crippen LogP contribution in [0, 0.1) is 6.92 Å². The summed E-state index contributed by atoms with van der Waals surface area (Å²) >= 11 is 0. The molecule has 0 aromatic carbocycles. The summed E-state index contributed by atoms with van der Waals surface area (Å²) in [4.78, 5) is 2.54. The molecule has 1 aromatic heterocycles. The van der Waals surface area contributed by atoms with Crippen LogP contribution in [0.5, 0.6) is 0 Å². The lowest BCUT2D eigenvalue weighted by Crippen LogP contribution is -2.43. The van der Waals surface area contributed by atoms with Crippen molar-refractivity contribution < 1.29 is 4.42 Å². The van der Waals surface area contributed by atoms with E-state index in [1.165, 1.54) is 32.5 Å². The van der Waals surface area contributed by atoms with Gasteiger partial charge in [-0.2, -0.15) is 0 Å². The number of aryl methyl sites for hydroxylation is 1. The second-order valence-corrected chi connectivity index (χ2v) is 4.64. The Kier molecular flexibility index (Phi) is 4.88. The average molecular weight is 237 g/mol. The molecule has 96 valence electrons. The lowest BCUT2D eigenvalue weighted by Gasteiger charge is -2.27. The van der Waals surface area contributed by atoms with Gasteiger partial charge in [-0.25, -0.2) is 0 Å². The van der Waals surface area contributed by atoms with Gasteiger partial charge in [-0.1, -0.05) is 0 Å². The van der Waals surface area contributed by atoms with Gasteiger partial charge in [-0.3, -0.25) is 0 Å². The van der Waals surface area contributed by atoms with Crippen molar-refractivity contribution in [3.05, 3.63) is 17.9 Å². The molecule has 17 heavy (non-hydrogen) atoms. The van der Waals surface area contributed by atoms with Gasteiger partial charge in [0.15, 0.2) is 5.88 Å². The minimum atomic E-state index is 0.893. The van der Waals surface area contributed by atoms with Crippen molar-refractivity contribution in [3.8, 4) is 0 Å². The molecule has 1 fully saturated rings. The SMILES string of the molecule is Cc1ccc(NCCCCN2CCNCC2)o1. The van der Waals surface area contributed by atoms with Crippen molar-refractivity contribution >= 4 is 5.88 Å². The standard InChI is InChI=1S/C13H23N3O/c1-12-4-5-13(17-12)15-6-2-3-9-16-10-7-14-8-11-16/h4-5,14-15H,2-3,6-11H2,1H3. The molecule has 0 spiro atoms. The van der Waals surface area contributed by atoms with Crippen molar-refractivity contribution in [1.82, 2.24) is 10.2 Å². The van der Waals surface area contributed by atoms with Crippen LogP contribution in [0.15, 0.2) is 16.5 Å². The predicted octanol–water partition coefficient (Wildman–Crippen LogP) is 1.69. The smallest absolute Gasteiger partial charge is 0.193 e. The highest BCUT2D eigenvalue weighted by molar-refractivity contribution is 5.31. The molecule has 1 saturated heterocycles. The van der Waals surface area contributed by atoms with Gasteiger partial charge in [0, 0.05) is 38.8 Å². The first kappa shape index (κ1) is 12.5. The molecule has 4 nitrogen and oxygen atoms in total. The van der Waals surface area contributed by atoms with E-state index in [4.69, 9.17) is 4.42 Å². The Hall–Kier alpha value is -1.00. The first-order chi connectivity index (χ1) is 8.34. The van der Waals surface area contributed by atoms with Crippen LogP contribution < -0.4 is 10.6 Å². The quantitative estimate of drug-likeness (QED) is 0.739. The fraction of sp³-hybridized carbons (Fsp3) is 0.692. The molecule has 2 N–H and O–H groups in total. The molecule has 4 heteroatoms. The van der Waals surface area contributed by atoms with Gasteiger partial charge in [-0.05, 0) is 32.4 Å². The number of hydrogen-bond donors (Lipinski definition) is 2. The third-order valence-electron chi connectivity index (χ3n) is 3.15. The van der Waals surface area contributed by atoms with Gasteiger partial charge in [0.2, 0.25) is 0 Å². The van der Waals surface area contributed by atoms with Gasteiger partial charge in [-0.15, -0.1) is 0 Å². The Morgan fingerprint density at radius 2 is 2.12 bits per heavy atom. The van der Waals surface area contributed by atoms with E-state index in [2.05, 4.69) is 15.5 Å². The summed E-state index contributed by atoms with van der Waals surface area (Å²) in [6.07, 6.45) is 2.45. The fourth-order valence-corrected chi connectivity index (χ4v) is 2.14. The number of piperazine rings is 1. The summed E-state index contributed by atoms with van der Waals surface area (Å²) in [6, 6.07) is 3.98. The van der Waals surface area contributed by atoms with Gasteiger partial charge in [0.05, 0.1) is 0 Å². The lowest BCUT2D eigenvalue weighted by molar-refractivity contribution is 0.237. The summed E-state index contributed by atoms with van der Waals surface area (Å²) in [7, 11) is 0. The number of anilines is 1. The Morgan fingerprint density at radius 1 is 1.29 bits per heavy atom. The molecule has 1 aliphatic rings. The van der Waals surface area contributed by atoms with Crippen LogP contribution in [0.2, 0.25) is 0 Å². The van der Waals surface area contributed by atoms with E-state index in [0.717, 1.165) is 31.3 Å². The Balaban J connectivity index is 1.51. The van der Waals surface area contributed by atoms with Crippen LogP contribution in [-0.4, -0.2) is 44.2 Å². The minimum absolute atomic E-state index is 0.893. The highest BCUT2D eigenvalue weighted by atomic mass is 16.4. The summed E-state index contributed by atoms with van der Waals surface area (Å²) < 4.78 is 5.45. The molecule has 0 saturated carbocycles. The van der Waals surface area contributed by atoms with E-state index in [-0.39, 0.29) is 0 Å². The third kappa shape index (κ3) is 4.40. The van der Waals surface area contributed by atoms with E-state index in [0.29, 0.717) is 0 Å². The van der Waals surface area contributed by atoms with Crippen LogP contribution in [0.3, 0.4) is 0 Å². The molecule has 1 aliphatic heterocycles. The summed E-state index contributed by atoms with van der Waals surface area (Å²) in [5, 5.41) is 6.68. The minimum Gasteiger partial charge on any atom is -0.446 e. The maximum atomic E-state index is 5.45. The van der Waals surface area contributed by atoms with Crippen molar-refractivity contribution in [1.29, 1.82) is 0 Å². The van der Waals surface area contributed by atoms with Crippen LogP contribution in [0.25, 0.3) is 0 Å². The van der Waals surface area contributed by atoms with Gasteiger partial charge < -0.3 is 20.0 Å². The third-order valence-corrected chi connectivity index (χ3v) is 3.15. The highest BCUT2D eigenvalue weighted by Gasteiger charge is 2.07. The normalized spacial score (nSPS) is 17.2. The monoisotopic (exact) mass is 237 g/mol. The molecule has 0 aliphatic carbocycles. The molecule has 2 rings (SSSR count). The number of nitrogens with zero attached hydrogens (tertiary/aromatic N) is 1. The van der Waals surface area contributed by atoms with E-state index < -0.39 is 0 Å². The molecular formula is C13H23N3O. The molecule has 2 heterocycles. The molecule has 0 bridgehead atoms. The van der Waals surface area contributed by atoms with Crippen molar-refractivity contribution in [2.75, 3.05) is 44.6 Å². The zero-order valence-corrected chi connectivity index (χ0v) is 10.7. The van der Waals surface area contributed by atoms with Crippen molar-refractivity contribution in [3.63, 3.8) is 0 Å². The van der Waals surface area contributed by atoms with Crippen LogP contribution in [0.1, 0.15) is 18.6 Å². The Bertz CT molecular complexity index is 318. The largest absolute Gasteiger partial charge is 0.446 e. The number of furan rings is 1. The second kappa shape index (κ2) is 6.67. The Morgan fingerprint density at radius 3 is 2.82 bits per heavy atom. The lowest BCUT2D eigenvalue weighted by atomic mass is 10.2. The molecule has 1 aromatic rings. The molecule has 0 radical (unpaired) electrons. The topological polar surface area (TPSA) is 40.4 Å². The molecular weight excluding hydrogens is 214 g/mol. The highest BCUT2D eigenvalue weighted by Crippen LogP contribution is 2.11. The number of hydrogen-bond acceptors (Lipinski definition) is 4. The Labute approximate surface area is 103 Å². The zero-order chi connectivity index (χ0) is 11.9. The fourth-order valence-electron chi connectivity index (χ4n) is 2.14. The number of unbranched alkanes of at least 4 members (excludes halogenated alkanes) is 1. The molecule has 0 unspecified atom stereocenters. The van der Waals surface area contributed by atoms with Crippen LogP contribution >= 0.6 is 0 Å². The van der Waals surface area contributed by atoms with Crippen LogP contribution in [-0.2, 0) is 0 Å². The predicted molar refractivity (Wildman–Crippen MR) is 70.5 cm³/mol. The maximum Gasteiger partial charge on any atom is 0.193 e. The average Bonchev–Trinajstić information content (AvgIpc) is 2.76. The van der Waals surface area contributed by atoms with Gasteiger partial charge >= 0.3 is 0 Å². The van der Waals surface area contributed by atoms with E-state index >= 15 is 0 Å². The molecule has 0 amide bonds. The summed E-state index contributed by atoms with van der Waals surface area (Å²) in [5.74, 6) is 1.86. The number of nitrogens with one attached hydrogen (secondary N) is 2. The first-order valence-corrected chi connectivity index (χ1v) is 6.58. The second-order valence-electron chi connectivity index (χ2n) is 4.64. The summed E-state index contributed by atoms with van der Waals surface area (Å²) in [6.45, 7) is 8.87. The zero-order valence-electron chi connectivity index (χ0n) is 10.7. The van der Waals surface area contributed by atoms with Gasteiger partial charge in [0.1, 0.15) is 5.76 Å². The van der Waals surface area contributed by atoms with Crippen LogP contribution in [0.4, 0.5) is 5.88 Å². The summed E-state index contributed by atoms with van der Waals surface area (Å²) in [5.41, 5.74) is 0. The van der Waals surface area contributed by atoms with E-state index in [1.807, 2.05) is 19.1 Å². The molecule has 0 atom stereocenters. The van der Waals surface area contributed by atoms with Gasteiger partial charge in [0.25, 0.3) is 0 Å². The van der Waals surface area contributed by atoms with E-state index in [9.17, 15) is 0 Å². The first-order valence-electron chi connectivity index (χ1n) is 6.58. The maximum absolute atomic E-state index is 5.45. The number of rotatable bonds is 6. The van der Waals surface area contributed by atoms with E-state index in [1.54, 1.807) is 0 Å². The van der Waals surface area contributed by atoms with Crippen molar-refractivity contribution in [2.45, 2.75) is 19.8 Å².